The van der Waals surface area contributed by atoms with Crippen LogP contribution in [0.5, 0.6) is 0 Å². The van der Waals surface area contributed by atoms with E-state index in [4.69, 9.17) is 5.11 Å². The number of aryl methyl sites for hydroxylation is 3. The van der Waals surface area contributed by atoms with E-state index in [1.165, 1.54) is 28.5 Å². The molecule has 0 atom stereocenters. The Bertz CT molecular complexity index is 597. The molecule has 1 aromatic carbocycles. The van der Waals surface area contributed by atoms with Gasteiger partial charge in [0.1, 0.15) is 0 Å². The van der Waals surface area contributed by atoms with Crippen LogP contribution in [0.4, 0.5) is 0 Å². The van der Waals surface area contributed by atoms with E-state index in [2.05, 4.69) is 42.9 Å². The molecule has 1 aromatic heterocycles. The fraction of sp³-hybridized carbons (Fsp3) is 0.286. The van der Waals surface area contributed by atoms with Crippen LogP contribution in [-0.4, -0.2) is 26.8 Å². The maximum atomic E-state index is 10.5. The Labute approximate surface area is 116 Å². The lowest BCUT2D eigenvalue weighted by atomic mass is 9.98. The van der Waals surface area contributed by atoms with Gasteiger partial charge < -0.3 is 10.1 Å². The largest absolute Gasteiger partial charge is 0.481 e. The van der Waals surface area contributed by atoms with Crippen LogP contribution in [0.15, 0.2) is 23.5 Å². The molecule has 4 nitrogen and oxygen atoms in total. The molecule has 0 saturated heterocycles. The molecule has 0 unspecified atom stereocenters. The van der Waals surface area contributed by atoms with E-state index in [1.807, 2.05) is 0 Å². The smallest absolute Gasteiger partial charge is 0.313 e. The molecule has 100 valence electrons. The molecule has 0 amide bonds. The number of nitrogens with zero attached hydrogens (tertiary/aromatic N) is 1. The van der Waals surface area contributed by atoms with Crippen molar-refractivity contribution < 1.29 is 9.90 Å². The van der Waals surface area contributed by atoms with Crippen molar-refractivity contribution in [3.63, 3.8) is 0 Å². The summed E-state index contributed by atoms with van der Waals surface area (Å²) in [6.07, 6.45) is 1.76. The van der Waals surface area contributed by atoms with Gasteiger partial charge >= 0.3 is 5.97 Å². The molecule has 19 heavy (non-hydrogen) atoms. The minimum absolute atomic E-state index is 0.0127. The zero-order chi connectivity index (χ0) is 14.0. The maximum absolute atomic E-state index is 10.5. The fourth-order valence-corrected chi connectivity index (χ4v) is 2.81. The number of aromatic nitrogens is 2. The summed E-state index contributed by atoms with van der Waals surface area (Å²) in [5.74, 6) is -0.829. The highest BCUT2D eigenvalue weighted by atomic mass is 32.2. The number of hydrogen-bond acceptors (Lipinski definition) is 3. The van der Waals surface area contributed by atoms with Gasteiger partial charge in [-0.2, -0.15) is 0 Å². The van der Waals surface area contributed by atoms with Crippen LogP contribution in [0.2, 0.25) is 0 Å². The highest BCUT2D eigenvalue weighted by molar-refractivity contribution is 7.99. The first-order valence-corrected chi connectivity index (χ1v) is 6.93. The van der Waals surface area contributed by atoms with Crippen LogP contribution >= 0.6 is 11.8 Å². The van der Waals surface area contributed by atoms with Crippen molar-refractivity contribution in [1.82, 2.24) is 9.97 Å². The second-order valence-corrected chi connectivity index (χ2v) is 5.52. The summed E-state index contributed by atoms with van der Waals surface area (Å²) in [6, 6.07) is 4.26. The summed E-state index contributed by atoms with van der Waals surface area (Å²) in [4.78, 5) is 17.9. The molecule has 0 saturated carbocycles. The van der Waals surface area contributed by atoms with Crippen LogP contribution in [0.3, 0.4) is 0 Å². The lowest BCUT2D eigenvalue weighted by molar-refractivity contribution is -0.133. The van der Waals surface area contributed by atoms with E-state index in [0.717, 1.165) is 11.3 Å². The summed E-state index contributed by atoms with van der Waals surface area (Å²) >= 11 is 1.19. The molecule has 2 aromatic rings. The minimum atomic E-state index is -0.842. The van der Waals surface area contributed by atoms with Crippen molar-refractivity contribution in [2.75, 3.05) is 5.75 Å². The van der Waals surface area contributed by atoms with Gasteiger partial charge in [0.05, 0.1) is 17.6 Å². The second-order valence-electron chi connectivity index (χ2n) is 4.56. The number of H-pyrrole nitrogens is 1. The molecule has 1 heterocycles. The first kappa shape index (κ1) is 13.7. The molecule has 0 aliphatic rings. The topological polar surface area (TPSA) is 66.0 Å². The lowest BCUT2D eigenvalue weighted by Gasteiger charge is -2.09. The number of nitrogens with one attached hydrogen (secondary N) is 1. The molecule has 5 heteroatoms. The third-order valence-electron chi connectivity index (χ3n) is 2.83. The molecule has 0 bridgehead atoms. The zero-order valence-corrected chi connectivity index (χ0v) is 12.0. The molecule has 0 aliphatic heterocycles. The highest BCUT2D eigenvalue weighted by Crippen LogP contribution is 2.28. The zero-order valence-electron chi connectivity index (χ0n) is 11.2. The number of imidazole rings is 1. The number of hydrogen-bond donors (Lipinski definition) is 2. The number of aliphatic carboxylic acids is 1. The Balaban J connectivity index is 2.30. The Hall–Kier alpha value is -1.75. The molecule has 0 spiro atoms. The molecule has 0 aliphatic carbocycles. The third-order valence-corrected chi connectivity index (χ3v) is 3.70. The Morgan fingerprint density at radius 2 is 1.95 bits per heavy atom. The van der Waals surface area contributed by atoms with Gasteiger partial charge in [-0.05, 0) is 31.9 Å². The van der Waals surface area contributed by atoms with E-state index in [9.17, 15) is 4.79 Å². The second kappa shape index (κ2) is 5.48. The van der Waals surface area contributed by atoms with E-state index in [1.54, 1.807) is 6.20 Å². The van der Waals surface area contributed by atoms with E-state index < -0.39 is 5.97 Å². The average molecular weight is 276 g/mol. The van der Waals surface area contributed by atoms with Crippen molar-refractivity contribution in [1.29, 1.82) is 0 Å². The van der Waals surface area contributed by atoms with Gasteiger partial charge in [-0.3, -0.25) is 4.79 Å². The predicted octanol–water partition coefficient (Wildman–Crippen LogP) is 3.18. The van der Waals surface area contributed by atoms with Crippen molar-refractivity contribution in [3.8, 4) is 11.3 Å². The van der Waals surface area contributed by atoms with Gasteiger partial charge in [0, 0.05) is 5.56 Å². The molecule has 0 radical (unpaired) electrons. The fourth-order valence-electron chi connectivity index (χ4n) is 2.24. The SMILES string of the molecule is Cc1cc(C)c(-c2cnc(SCC(=O)O)[nH]2)c(C)c1. The van der Waals surface area contributed by atoms with Crippen molar-refractivity contribution >= 4 is 17.7 Å². The van der Waals surface area contributed by atoms with Crippen molar-refractivity contribution in [2.24, 2.45) is 0 Å². The lowest BCUT2D eigenvalue weighted by Crippen LogP contribution is -1.97. The number of rotatable bonds is 4. The van der Waals surface area contributed by atoms with Crippen LogP contribution in [0, 0.1) is 20.8 Å². The van der Waals surface area contributed by atoms with Crippen LogP contribution in [0.1, 0.15) is 16.7 Å². The maximum Gasteiger partial charge on any atom is 0.313 e. The minimum Gasteiger partial charge on any atom is -0.481 e. The summed E-state index contributed by atoms with van der Waals surface area (Å²) in [5.41, 5.74) is 5.69. The van der Waals surface area contributed by atoms with Crippen molar-refractivity contribution in [2.45, 2.75) is 25.9 Å². The Kier molecular flexibility index (Phi) is 3.95. The van der Waals surface area contributed by atoms with Gasteiger partial charge in [0.15, 0.2) is 5.16 Å². The number of aromatic amines is 1. The Morgan fingerprint density at radius 3 is 2.53 bits per heavy atom. The standard InChI is InChI=1S/C14H16N2O2S/c1-8-4-9(2)13(10(3)5-8)11-6-15-14(16-11)19-7-12(17)18/h4-6H,7H2,1-3H3,(H,15,16)(H,17,18). The molecule has 0 fully saturated rings. The van der Waals surface area contributed by atoms with Gasteiger partial charge in [-0.15, -0.1) is 0 Å². The molecular weight excluding hydrogens is 260 g/mol. The molecular formula is C14H16N2O2S. The van der Waals surface area contributed by atoms with Crippen LogP contribution in [-0.2, 0) is 4.79 Å². The Morgan fingerprint density at radius 1 is 1.32 bits per heavy atom. The summed E-state index contributed by atoms with van der Waals surface area (Å²) in [6.45, 7) is 6.21. The quantitative estimate of drug-likeness (QED) is 0.842. The summed E-state index contributed by atoms with van der Waals surface area (Å²) in [5, 5.41) is 9.29. The number of carboxylic acid groups (broad SMARTS) is 1. The molecule has 2 rings (SSSR count). The summed E-state index contributed by atoms with van der Waals surface area (Å²) < 4.78 is 0. The number of carboxylic acids is 1. The summed E-state index contributed by atoms with van der Waals surface area (Å²) in [7, 11) is 0. The van der Waals surface area contributed by atoms with E-state index >= 15 is 0 Å². The average Bonchev–Trinajstić information content (AvgIpc) is 2.73. The van der Waals surface area contributed by atoms with E-state index in [0.29, 0.717) is 5.16 Å². The van der Waals surface area contributed by atoms with Gasteiger partial charge in [0.2, 0.25) is 0 Å². The van der Waals surface area contributed by atoms with E-state index in [-0.39, 0.29) is 5.75 Å². The monoisotopic (exact) mass is 276 g/mol. The normalized spacial score (nSPS) is 10.7. The van der Waals surface area contributed by atoms with Crippen LogP contribution < -0.4 is 0 Å². The number of carbonyl (C=O) groups is 1. The van der Waals surface area contributed by atoms with Crippen molar-refractivity contribution in [3.05, 3.63) is 35.0 Å². The number of benzene rings is 1. The van der Waals surface area contributed by atoms with Gasteiger partial charge in [0.25, 0.3) is 0 Å². The molecule has 2 N–H and O–H groups in total. The predicted molar refractivity (Wildman–Crippen MR) is 76.6 cm³/mol. The number of thioether (sulfide) groups is 1. The third kappa shape index (κ3) is 3.17. The van der Waals surface area contributed by atoms with Crippen LogP contribution in [0.25, 0.3) is 11.3 Å². The first-order valence-electron chi connectivity index (χ1n) is 5.95. The highest BCUT2D eigenvalue weighted by Gasteiger charge is 2.10. The van der Waals surface area contributed by atoms with Gasteiger partial charge in [-0.25, -0.2) is 4.98 Å². The van der Waals surface area contributed by atoms with Gasteiger partial charge in [-0.1, -0.05) is 29.5 Å². The first-order chi connectivity index (χ1) is 8.97.